The van der Waals surface area contributed by atoms with Crippen molar-refractivity contribution in [1.29, 1.82) is 0 Å². The molecular weight excluding hydrogens is 313 g/mol. The van der Waals surface area contributed by atoms with Crippen molar-refractivity contribution < 1.29 is 9.59 Å². The number of halogens is 2. The number of hydrogen-bond acceptors (Lipinski definition) is 3. The third-order valence-corrected chi connectivity index (χ3v) is 3.65. The smallest absolute Gasteiger partial charge is 0.253 e. The van der Waals surface area contributed by atoms with Gasteiger partial charge in [0.2, 0.25) is 5.91 Å². The van der Waals surface area contributed by atoms with Crippen molar-refractivity contribution in [3.8, 4) is 0 Å². The molecule has 21 heavy (non-hydrogen) atoms. The molecule has 4 N–H and O–H groups in total. The zero-order valence-corrected chi connectivity index (χ0v) is 13.5. The molecule has 5 nitrogen and oxygen atoms in total. The highest BCUT2D eigenvalue weighted by Gasteiger charge is 2.18. The Morgan fingerprint density at radius 2 is 1.95 bits per heavy atom. The van der Waals surface area contributed by atoms with E-state index in [0.29, 0.717) is 18.0 Å². The summed E-state index contributed by atoms with van der Waals surface area (Å²) in [7, 11) is 0. The van der Waals surface area contributed by atoms with Crippen LogP contribution < -0.4 is 16.4 Å². The molecule has 116 valence electrons. The molecule has 1 aromatic rings. The van der Waals surface area contributed by atoms with Gasteiger partial charge in [-0.05, 0) is 32.4 Å². The lowest BCUT2D eigenvalue weighted by Crippen LogP contribution is -2.45. The zero-order valence-electron chi connectivity index (χ0n) is 12.0. The highest BCUT2D eigenvalue weighted by Crippen LogP contribution is 2.25. The fourth-order valence-electron chi connectivity index (χ4n) is 1.60. The summed E-state index contributed by atoms with van der Waals surface area (Å²) in [5.41, 5.74) is 5.83. The Balaban J connectivity index is 2.57. The van der Waals surface area contributed by atoms with Crippen molar-refractivity contribution in [2.45, 2.75) is 32.4 Å². The summed E-state index contributed by atoms with van der Waals surface area (Å²) in [5.74, 6) is -0.723. The van der Waals surface area contributed by atoms with Gasteiger partial charge in [0.15, 0.2) is 0 Å². The monoisotopic (exact) mass is 331 g/mol. The van der Waals surface area contributed by atoms with E-state index in [-0.39, 0.29) is 22.5 Å². The van der Waals surface area contributed by atoms with E-state index in [1.807, 2.05) is 6.92 Å². The van der Waals surface area contributed by atoms with Gasteiger partial charge < -0.3 is 16.4 Å². The fourth-order valence-corrected chi connectivity index (χ4v) is 1.98. The number of nitrogens with two attached hydrogens (primary N) is 1. The summed E-state index contributed by atoms with van der Waals surface area (Å²) in [6.07, 6.45) is 0.673. The van der Waals surface area contributed by atoms with Gasteiger partial charge in [-0.3, -0.25) is 9.59 Å². The van der Waals surface area contributed by atoms with Gasteiger partial charge >= 0.3 is 0 Å². The van der Waals surface area contributed by atoms with E-state index < -0.39 is 11.9 Å². The Kier molecular flexibility index (Phi) is 6.95. The third kappa shape index (κ3) is 5.53. The molecule has 0 radical (unpaired) electrons. The summed E-state index contributed by atoms with van der Waals surface area (Å²) in [6.45, 7) is 3.92. The van der Waals surface area contributed by atoms with Crippen molar-refractivity contribution in [2.75, 3.05) is 6.54 Å². The molecule has 0 aliphatic heterocycles. The minimum absolute atomic E-state index is 0.0143. The van der Waals surface area contributed by atoms with E-state index in [9.17, 15) is 9.59 Å². The van der Waals surface area contributed by atoms with Gasteiger partial charge in [-0.15, -0.1) is 0 Å². The van der Waals surface area contributed by atoms with Gasteiger partial charge in [0.25, 0.3) is 5.91 Å². The number of amides is 2. The molecule has 0 spiro atoms. The number of hydrogen-bond donors (Lipinski definition) is 3. The van der Waals surface area contributed by atoms with Crippen LogP contribution in [-0.4, -0.2) is 30.4 Å². The standard InChI is InChI=1S/C14H19Cl2N3O2/c1-8(17)6-7-18-13(20)9(2)19-14(21)10-4-3-5-11(15)12(10)16/h3-5,8-9H,6-7,17H2,1-2H3,(H,18,20)(H,19,21). The van der Waals surface area contributed by atoms with Gasteiger partial charge in [-0.25, -0.2) is 0 Å². The average Bonchev–Trinajstić information content (AvgIpc) is 2.41. The molecule has 0 fully saturated rings. The van der Waals surface area contributed by atoms with E-state index in [0.717, 1.165) is 0 Å². The molecule has 0 saturated heterocycles. The van der Waals surface area contributed by atoms with Crippen molar-refractivity contribution in [3.05, 3.63) is 33.8 Å². The van der Waals surface area contributed by atoms with E-state index in [1.165, 1.54) is 0 Å². The minimum atomic E-state index is -0.680. The Morgan fingerprint density at radius 3 is 2.57 bits per heavy atom. The van der Waals surface area contributed by atoms with E-state index >= 15 is 0 Å². The number of benzene rings is 1. The first kappa shape index (κ1) is 17.8. The topological polar surface area (TPSA) is 84.2 Å². The van der Waals surface area contributed by atoms with Crippen molar-refractivity contribution in [2.24, 2.45) is 5.73 Å². The predicted octanol–water partition coefficient (Wildman–Crippen LogP) is 1.97. The minimum Gasteiger partial charge on any atom is -0.354 e. The number of nitrogens with one attached hydrogen (secondary N) is 2. The average molecular weight is 332 g/mol. The maximum Gasteiger partial charge on any atom is 0.253 e. The summed E-state index contributed by atoms with van der Waals surface area (Å²) in [5, 5.41) is 5.74. The van der Waals surface area contributed by atoms with E-state index in [2.05, 4.69) is 10.6 Å². The lowest BCUT2D eigenvalue weighted by atomic mass is 10.2. The molecular formula is C14H19Cl2N3O2. The van der Waals surface area contributed by atoms with Gasteiger partial charge in [0.1, 0.15) is 6.04 Å². The summed E-state index contributed by atoms with van der Waals surface area (Å²) >= 11 is 11.8. The first-order chi connectivity index (χ1) is 9.82. The molecule has 7 heteroatoms. The molecule has 0 heterocycles. The van der Waals surface area contributed by atoms with Crippen LogP contribution in [0.5, 0.6) is 0 Å². The van der Waals surface area contributed by atoms with Crippen LogP contribution in [0.3, 0.4) is 0 Å². The lowest BCUT2D eigenvalue weighted by Gasteiger charge is -2.15. The highest BCUT2D eigenvalue weighted by molar-refractivity contribution is 6.43. The van der Waals surface area contributed by atoms with Crippen LogP contribution in [0.15, 0.2) is 18.2 Å². The summed E-state index contributed by atoms with van der Waals surface area (Å²) in [6, 6.07) is 4.09. The normalized spacial score (nSPS) is 13.4. The van der Waals surface area contributed by atoms with Crippen molar-refractivity contribution in [1.82, 2.24) is 10.6 Å². The van der Waals surface area contributed by atoms with Crippen LogP contribution in [0.1, 0.15) is 30.6 Å². The SMILES string of the molecule is CC(N)CCNC(=O)C(C)NC(=O)c1cccc(Cl)c1Cl. The van der Waals surface area contributed by atoms with Crippen LogP contribution in [0.25, 0.3) is 0 Å². The van der Waals surface area contributed by atoms with Crippen LogP contribution in [0, 0.1) is 0 Å². The second-order valence-corrected chi connectivity index (χ2v) is 5.64. The highest BCUT2D eigenvalue weighted by atomic mass is 35.5. The van der Waals surface area contributed by atoms with Crippen molar-refractivity contribution >= 4 is 35.0 Å². The lowest BCUT2D eigenvalue weighted by molar-refractivity contribution is -0.122. The predicted molar refractivity (Wildman–Crippen MR) is 84.7 cm³/mol. The molecule has 2 unspecified atom stereocenters. The van der Waals surface area contributed by atoms with Crippen LogP contribution >= 0.6 is 23.2 Å². The number of carbonyl (C=O) groups excluding carboxylic acids is 2. The van der Waals surface area contributed by atoms with E-state index in [4.69, 9.17) is 28.9 Å². The third-order valence-electron chi connectivity index (χ3n) is 2.84. The largest absolute Gasteiger partial charge is 0.354 e. The van der Waals surface area contributed by atoms with Gasteiger partial charge in [0.05, 0.1) is 15.6 Å². The Morgan fingerprint density at radius 1 is 1.29 bits per heavy atom. The summed E-state index contributed by atoms with van der Waals surface area (Å²) in [4.78, 5) is 23.9. The van der Waals surface area contributed by atoms with Crippen LogP contribution in [-0.2, 0) is 4.79 Å². The Bertz CT molecular complexity index is 521. The first-order valence-electron chi connectivity index (χ1n) is 6.61. The van der Waals surface area contributed by atoms with E-state index in [1.54, 1.807) is 25.1 Å². The maximum atomic E-state index is 12.1. The molecule has 0 aliphatic rings. The number of rotatable bonds is 6. The second-order valence-electron chi connectivity index (χ2n) is 4.85. The van der Waals surface area contributed by atoms with Crippen molar-refractivity contribution in [3.63, 3.8) is 0 Å². The first-order valence-corrected chi connectivity index (χ1v) is 7.36. The molecule has 0 bridgehead atoms. The quantitative estimate of drug-likeness (QED) is 0.745. The molecule has 1 aromatic carbocycles. The molecule has 0 aliphatic carbocycles. The molecule has 1 rings (SSSR count). The van der Waals surface area contributed by atoms with Crippen LogP contribution in [0.4, 0.5) is 0 Å². The van der Waals surface area contributed by atoms with Gasteiger partial charge in [-0.2, -0.15) is 0 Å². The molecule has 2 atom stereocenters. The van der Waals surface area contributed by atoms with Gasteiger partial charge in [0, 0.05) is 12.6 Å². The molecule has 2 amide bonds. The summed E-state index contributed by atoms with van der Waals surface area (Å²) < 4.78 is 0. The second kappa shape index (κ2) is 8.22. The van der Waals surface area contributed by atoms with Gasteiger partial charge in [-0.1, -0.05) is 29.3 Å². The zero-order chi connectivity index (χ0) is 16.0. The Labute approximate surface area is 134 Å². The molecule has 0 saturated carbocycles. The Hall–Kier alpha value is -1.30. The number of carbonyl (C=O) groups is 2. The fraction of sp³-hybridized carbons (Fsp3) is 0.429. The maximum absolute atomic E-state index is 12.1. The molecule has 0 aromatic heterocycles. The van der Waals surface area contributed by atoms with Crippen LogP contribution in [0.2, 0.25) is 10.0 Å².